The van der Waals surface area contributed by atoms with Crippen LogP contribution in [0.1, 0.15) is 12.8 Å². The molecule has 0 aromatic carbocycles. The van der Waals surface area contributed by atoms with Crippen molar-refractivity contribution >= 4 is 11.9 Å². The summed E-state index contributed by atoms with van der Waals surface area (Å²) in [5.41, 5.74) is 6.00. The van der Waals surface area contributed by atoms with Crippen LogP contribution in [0.3, 0.4) is 0 Å². The van der Waals surface area contributed by atoms with Gasteiger partial charge in [-0.25, -0.2) is 4.31 Å². The van der Waals surface area contributed by atoms with Crippen LogP contribution in [0.2, 0.25) is 0 Å². The van der Waals surface area contributed by atoms with Crippen LogP contribution in [0.4, 0.5) is 0 Å². The molecule has 0 aromatic heterocycles. The van der Waals surface area contributed by atoms with Gasteiger partial charge in [0.2, 0.25) is 0 Å². The Bertz CT molecular complexity index is 134. The van der Waals surface area contributed by atoms with Gasteiger partial charge in [-0.3, -0.25) is 0 Å². The minimum atomic E-state index is 0.283. The largest absolute Gasteiger partial charge is 0.383 e. The number of piperidine rings is 1. The molecule has 1 aliphatic rings. The van der Waals surface area contributed by atoms with Crippen molar-refractivity contribution < 1.29 is 4.74 Å². The maximum atomic E-state index is 6.00. The van der Waals surface area contributed by atoms with Gasteiger partial charge in [0.05, 0.1) is 12.6 Å². The molecule has 0 spiro atoms. The van der Waals surface area contributed by atoms with Gasteiger partial charge >= 0.3 is 0 Å². The molecule has 1 rings (SSSR count). The van der Waals surface area contributed by atoms with Crippen molar-refractivity contribution in [1.29, 1.82) is 0 Å². The Hall–Kier alpha value is 0.230. The molecule has 0 bridgehead atoms. The third-order valence-electron chi connectivity index (χ3n) is 2.35. The van der Waals surface area contributed by atoms with Crippen molar-refractivity contribution in [1.82, 2.24) is 4.31 Å². The first-order chi connectivity index (χ1) is 5.79. The average Bonchev–Trinajstić information content (AvgIpc) is 2.09. The Morgan fingerprint density at radius 1 is 1.67 bits per heavy atom. The van der Waals surface area contributed by atoms with Gasteiger partial charge in [-0.2, -0.15) is 0 Å². The SMILES string of the molecule is COC[C@@H]1[C@H](N)CCCN1SC. The molecule has 3 nitrogen and oxygen atoms in total. The van der Waals surface area contributed by atoms with Crippen molar-refractivity contribution in [3.05, 3.63) is 0 Å². The lowest BCUT2D eigenvalue weighted by Gasteiger charge is -2.37. The molecule has 1 heterocycles. The summed E-state index contributed by atoms with van der Waals surface area (Å²) in [5, 5.41) is 0. The highest BCUT2D eigenvalue weighted by Crippen LogP contribution is 2.21. The quantitative estimate of drug-likeness (QED) is 0.665. The van der Waals surface area contributed by atoms with Gasteiger partial charge in [0, 0.05) is 19.7 Å². The first-order valence-corrected chi connectivity index (χ1v) is 5.53. The standard InChI is InChI=1S/C8H18N2OS/c1-11-6-8-7(9)4-3-5-10(8)12-2/h7-8H,3-6,9H2,1-2H3/t7-,8-/m1/s1. The molecule has 12 heavy (non-hydrogen) atoms. The molecular formula is C8H18N2OS. The van der Waals surface area contributed by atoms with E-state index >= 15 is 0 Å². The molecule has 0 amide bonds. The van der Waals surface area contributed by atoms with Gasteiger partial charge in [-0.1, -0.05) is 11.9 Å². The maximum Gasteiger partial charge on any atom is 0.0642 e. The van der Waals surface area contributed by atoms with Crippen LogP contribution >= 0.6 is 11.9 Å². The molecule has 2 atom stereocenters. The fraction of sp³-hybridized carbons (Fsp3) is 1.00. The van der Waals surface area contributed by atoms with Crippen molar-refractivity contribution in [3.63, 3.8) is 0 Å². The Balaban J connectivity index is 2.47. The molecule has 72 valence electrons. The van der Waals surface area contributed by atoms with Crippen LogP contribution in [0.25, 0.3) is 0 Å². The molecule has 1 fully saturated rings. The van der Waals surface area contributed by atoms with Crippen LogP contribution < -0.4 is 5.73 Å². The zero-order chi connectivity index (χ0) is 8.97. The van der Waals surface area contributed by atoms with Crippen LogP contribution in [0.15, 0.2) is 0 Å². The number of nitrogens with zero attached hydrogens (tertiary/aromatic N) is 1. The minimum Gasteiger partial charge on any atom is -0.383 e. The van der Waals surface area contributed by atoms with Crippen molar-refractivity contribution in [2.45, 2.75) is 24.9 Å². The van der Waals surface area contributed by atoms with Gasteiger partial charge in [0.15, 0.2) is 0 Å². The van der Waals surface area contributed by atoms with Crippen LogP contribution in [0.5, 0.6) is 0 Å². The van der Waals surface area contributed by atoms with Gasteiger partial charge in [0.25, 0.3) is 0 Å². The number of rotatable bonds is 3. The van der Waals surface area contributed by atoms with E-state index in [-0.39, 0.29) is 6.04 Å². The van der Waals surface area contributed by atoms with E-state index in [0.717, 1.165) is 19.6 Å². The maximum absolute atomic E-state index is 6.00. The summed E-state index contributed by atoms with van der Waals surface area (Å²) in [7, 11) is 1.74. The van der Waals surface area contributed by atoms with E-state index in [0.29, 0.717) is 6.04 Å². The molecule has 4 heteroatoms. The molecule has 0 radical (unpaired) electrons. The Kier molecular flexibility index (Phi) is 4.35. The fourth-order valence-electron chi connectivity index (χ4n) is 1.66. The zero-order valence-corrected chi connectivity index (χ0v) is 8.64. The predicted octanol–water partition coefficient (Wildman–Crippen LogP) is 0.702. The highest BCUT2D eigenvalue weighted by atomic mass is 32.2. The fourth-order valence-corrected chi connectivity index (χ4v) is 2.46. The molecular weight excluding hydrogens is 172 g/mol. The summed E-state index contributed by atoms with van der Waals surface area (Å²) in [6, 6.07) is 0.685. The third kappa shape index (κ3) is 2.36. The number of hydrogen-bond acceptors (Lipinski definition) is 4. The molecule has 0 aliphatic carbocycles. The third-order valence-corrected chi connectivity index (χ3v) is 3.27. The lowest BCUT2D eigenvalue weighted by molar-refractivity contribution is 0.106. The number of hydrogen-bond donors (Lipinski definition) is 1. The molecule has 0 saturated carbocycles. The van der Waals surface area contributed by atoms with Gasteiger partial charge in [0.1, 0.15) is 0 Å². The zero-order valence-electron chi connectivity index (χ0n) is 7.82. The molecule has 1 aliphatic heterocycles. The Morgan fingerprint density at radius 2 is 2.42 bits per heavy atom. The summed E-state index contributed by atoms with van der Waals surface area (Å²) in [6.45, 7) is 1.89. The number of methoxy groups -OCH3 is 1. The smallest absolute Gasteiger partial charge is 0.0642 e. The van der Waals surface area contributed by atoms with Gasteiger partial charge in [-0.05, 0) is 19.1 Å². The summed E-state index contributed by atoms with van der Waals surface area (Å²) in [6.07, 6.45) is 4.44. The highest BCUT2D eigenvalue weighted by molar-refractivity contribution is 7.96. The van der Waals surface area contributed by atoms with Gasteiger partial charge < -0.3 is 10.5 Å². The van der Waals surface area contributed by atoms with E-state index in [9.17, 15) is 0 Å². The summed E-state index contributed by atoms with van der Waals surface area (Å²) in [5.74, 6) is 0. The predicted molar refractivity (Wildman–Crippen MR) is 53.1 cm³/mol. The summed E-state index contributed by atoms with van der Waals surface area (Å²) in [4.78, 5) is 0. The molecule has 0 aromatic rings. The van der Waals surface area contributed by atoms with Gasteiger partial charge in [-0.15, -0.1) is 0 Å². The lowest BCUT2D eigenvalue weighted by atomic mass is 10.0. The average molecular weight is 190 g/mol. The van der Waals surface area contributed by atoms with E-state index in [1.165, 1.54) is 6.42 Å². The van der Waals surface area contributed by atoms with E-state index < -0.39 is 0 Å². The summed E-state index contributed by atoms with van der Waals surface area (Å²) < 4.78 is 7.48. The monoisotopic (exact) mass is 190 g/mol. The van der Waals surface area contributed by atoms with Crippen molar-refractivity contribution in [2.24, 2.45) is 5.73 Å². The van der Waals surface area contributed by atoms with Crippen molar-refractivity contribution in [2.75, 3.05) is 26.5 Å². The van der Waals surface area contributed by atoms with Crippen molar-refractivity contribution in [3.8, 4) is 0 Å². The first kappa shape index (κ1) is 10.3. The second-order valence-electron chi connectivity index (χ2n) is 3.15. The summed E-state index contributed by atoms with van der Waals surface area (Å²) >= 11 is 1.77. The van der Waals surface area contributed by atoms with Crippen LogP contribution in [-0.2, 0) is 4.74 Å². The van der Waals surface area contributed by atoms with E-state index in [4.69, 9.17) is 10.5 Å². The normalized spacial score (nSPS) is 32.2. The van der Waals surface area contributed by atoms with Crippen LogP contribution in [-0.4, -0.2) is 42.9 Å². The second-order valence-corrected chi connectivity index (χ2v) is 3.99. The lowest BCUT2D eigenvalue weighted by Crippen LogP contribution is -2.51. The number of ether oxygens (including phenoxy) is 1. The molecule has 0 unspecified atom stereocenters. The second kappa shape index (κ2) is 5.07. The topological polar surface area (TPSA) is 38.5 Å². The molecule has 1 saturated heterocycles. The molecule has 2 N–H and O–H groups in total. The first-order valence-electron chi connectivity index (χ1n) is 4.35. The van der Waals surface area contributed by atoms with Crippen LogP contribution in [0, 0.1) is 0 Å². The van der Waals surface area contributed by atoms with E-state index in [1.54, 1.807) is 19.1 Å². The Labute approximate surface area is 78.8 Å². The number of nitrogens with two attached hydrogens (primary N) is 1. The minimum absolute atomic E-state index is 0.283. The Morgan fingerprint density at radius 3 is 3.00 bits per heavy atom. The van der Waals surface area contributed by atoms with E-state index in [1.807, 2.05) is 0 Å². The highest BCUT2D eigenvalue weighted by Gasteiger charge is 2.28. The van der Waals surface area contributed by atoms with E-state index in [2.05, 4.69) is 10.6 Å².